The number of nitrogens with zero attached hydrogens (tertiary/aromatic N) is 1. The Kier molecular flexibility index (Phi) is 6.07. The third-order valence-corrected chi connectivity index (χ3v) is 4.41. The zero-order chi connectivity index (χ0) is 22.1. The Labute approximate surface area is 175 Å². The van der Waals surface area contributed by atoms with Gasteiger partial charge in [-0.25, -0.2) is 4.90 Å². The second-order valence-corrected chi connectivity index (χ2v) is 7.29. The van der Waals surface area contributed by atoms with Gasteiger partial charge in [0.1, 0.15) is 16.5 Å². The summed E-state index contributed by atoms with van der Waals surface area (Å²) in [4.78, 5) is 26.2. The summed E-state index contributed by atoms with van der Waals surface area (Å²) in [5.41, 5.74) is 0.261. The van der Waals surface area contributed by atoms with Crippen LogP contribution in [0.4, 0.5) is 18.9 Å². The second-order valence-electron chi connectivity index (χ2n) is 6.91. The SMILES string of the molecule is CC(C)COc1ccc(C2=C(Cl)C(=O)N(c3cccc(OC(F)(F)F)c3)C2=O)cc1. The molecule has 0 fully saturated rings. The van der Waals surface area contributed by atoms with Crippen LogP contribution in [0, 0.1) is 5.92 Å². The van der Waals surface area contributed by atoms with Gasteiger partial charge in [-0.15, -0.1) is 13.2 Å². The van der Waals surface area contributed by atoms with Crippen LogP contribution in [0.1, 0.15) is 19.4 Å². The minimum absolute atomic E-state index is 0.0424. The summed E-state index contributed by atoms with van der Waals surface area (Å²) in [7, 11) is 0. The number of alkyl halides is 3. The number of imide groups is 1. The van der Waals surface area contributed by atoms with Crippen LogP contribution in [0.5, 0.6) is 11.5 Å². The molecule has 0 aliphatic carbocycles. The highest BCUT2D eigenvalue weighted by molar-refractivity contribution is 6.60. The first-order valence-corrected chi connectivity index (χ1v) is 9.32. The standard InChI is InChI=1S/C21H17ClF3NO4/c1-12(2)11-29-15-8-6-13(7-9-15)17-18(22)20(28)26(19(17)27)14-4-3-5-16(10-14)30-21(23,24)25/h3-10,12H,11H2,1-2H3. The van der Waals surface area contributed by atoms with Gasteiger partial charge in [-0.3, -0.25) is 9.59 Å². The first kappa shape index (κ1) is 21.7. The highest BCUT2D eigenvalue weighted by Crippen LogP contribution is 2.37. The molecule has 2 aromatic rings. The second kappa shape index (κ2) is 8.39. The van der Waals surface area contributed by atoms with Gasteiger partial charge in [0.05, 0.1) is 17.9 Å². The topological polar surface area (TPSA) is 55.8 Å². The molecular formula is C21H17ClF3NO4. The monoisotopic (exact) mass is 439 g/mol. The fraction of sp³-hybridized carbons (Fsp3) is 0.238. The third kappa shape index (κ3) is 4.76. The minimum atomic E-state index is -4.90. The van der Waals surface area contributed by atoms with E-state index in [2.05, 4.69) is 4.74 Å². The summed E-state index contributed by atoms with van der Waals surface area (Å²) >= 11 is 6.12. The Hall–Kier alpha value is -3.00. The Morgan fingerprint density at radius 3 is 2.27 bits per heavy atom. The lowest BCUT2D eigenvalue weighted by Gasteiger charge is -2.16. The quantitative estimate of drug-likeness (QED) is 0.584. The summed E-state index contributed by atoms with van der Waals surface area (Å²) in [5.74, 6) is -1.21. The van der Waals surface area contributed by atoms with Gasteiger partial charge >= 0.3 is 6.36 Å². The summed E-state index contributed by atoms with van der Waals surface area (Å²) in [6.45, 7) is 4.53. The van der Waals surface area contributed by atoms with Gasteiger partial charge < -0.3 is 9.47 Å². The van der Waals surface area contributed by atoms with Crippen molar-refractivity contribution < 1.29 is 32.2 Å². The van der Waals surface area contributed by atoms with Gasteiger partial charge in [-0.2, -0.15) is 0 Å². The van der Waals surface area contributed by atoms with E-state index in [0.29, 0.717) is 28.7 Å². The minimum Gasteiger partial charge on any atom is -0.493 e. The van der Waals surface area contributed by atoms with Crippen molar-refractivity contribution in [2.45, 2.75) is 20.2 Å². The summed E-state index contributed by atoms with van der Waals surface area (Å²) in [6, 6.07) is 11.0. The molecule has 1 heterocycles. The van der Waals surface area contributed by atoms with Crippen LogP contribution in [0.15, 0.2) is 53.6 Å². The zero-order valence-corrected chi connectivity index (χ0v) is 16.8. The molecule has 1 aliphatic heterocycles. The van der Waals surface area contributed by atoms with E-state index in [4.69, 9.17) is 16.3 Å². The Morgan fingerprint density at radius 2 is 1.67 bits per heavy atom. The lowest BCUT2D eigenvalue weighted by Crippen LogP contribution is -2.31. The molecule has 0 radical (unpaired) electrons. The highest BCUT2D eigenvalue weighted by Gasteiger charge is 2.39. The van der Waals surface area contributed by atoms with E-state index in [1.165, 1.54) is 12.1 Å². The number of benzene rings is 2. The van der Waals surface area contributed by atoms with Crippen LogP contribution in [-0.4, -0.2) is 24.8 Å². The summed E-state index contributed by atoms with van der Waals surface area (Å²) < 4.78 is 46.9. The molecule has 0 saturated heterocycles. The molecule has 0 aromatic heterocycles. The van der Waals surface area contributed by atoms with Crippen LogP contribution >= 0.6 is 11.6 Å². The number of hydrogen-bond donors (Lipinski definition) is 0. The van der Waals surface area contributed by atoms with Crippen LogP contribution in [-0.2, 0) is 9.59 Å². The number of ether oxygens (including phenoxy) is 2. The Morgan fingerprint density at radius 1 is 1.00 bits per heavy atom. The van der Waals surface area contributed by atoms with Gasteiger partial charge in [0.2, 0.25) is 0 Å². The Balaban J connectivity index is 1.86. The summed E-state index contributed by atoms with van der Waals surface area (Å²) in [5, 5.41) is -0.321. The first-order chi connectivity index (χ1) is 14.1. The number of rotatable bonds is 6. The van der Waals surface area contributed by atoms with E-state index < -0.39 is 23.9 Å². The van der Waals surface area contributed by atoms with Gasteiger partial charge in [0, 0.05) is 6.07 Å². The van der Waals surface area contributed by atoms with Gasteiger partial charge in [0.15, 0.2) is 0 Å². The van der Waals surface area contributed by atoms with E-state index in [-0.39, 0.29) is 16.3 Å². The molecule has 30 heavy (non-hydrogen) atoms. The fourth-order valence-electron chi connectivity index (χ4n) is 2.79. The van der Waals surface area contributed by atoms with Crippen molar-refractivity contribution >= 4 is 34.7 Å². The lowest BCUT2D eigenvalue weighted by atomic mass is 10.1. The van der Waals surface area contributed by atoms with Crippen molar-refractivity contribution in [3.05, 3.63) is 59.1 Å². The molecule has 9 heteroatoms. The molecule has 0 unspecified atom stereocenters. The van der Waals surface area contributed by atoms with E-state index in [1.54, 1.807) is 24.3 Å². The van der Waals surface area contributed by atoms with Crippen molar-refractivity contribution in [2.75, 3.05) is 11.5 Å². The molecular weight excluding hydrogens is 423 g/mol. The average Bonchev–Trinajstić information content (AvgIpc) is 2.88. The maximum Gasteiger partial charge on any atom is 0.573 e. The molecule has 2 aromatic carbocycles. The number of halogens is 4. The van der Waals surface area contributed by atoms with Crippen molar-refractivity contribution in [1.82, 2.24) is 0 Å². The van der Waals surface area contributed by atoms with E-state index in [1.807, 2.05) is 13.8 Å². The summed E-state index contributed by atoms with van der Waals surface area (Å²) in [6.07, 6.45) is -4.90. The van der Waals surface area contributed by atoms with Crippen LogP contribution in [0.2, 0.25) is 0 Å². The van der Waals surface area contributed by atoms with E-state index >= 15 is 0 Å². The molecule has 5 nitrogen and oxygen atoms in total. The van der Waals surface area contributed by atoms with Crippen molar-refractivity contribution in [2.24, 2.45) is 5.92 Å². The predicted octanol–water partition coefficient (Wildman–Crippen LogP) is 5.14. The van der Waals surface area contributed by atoms with Crippen LogP contribution in [0.25, 0.3) is 5.57 Å². The molecule has 0 atom stereocenters. The van der Waals surface area contributed by atoms with Crippen molar-refractivity contribution in [1.29, 1.82) is 0 Å². The molecule has 3 rings (SSSR count). The number of carbonyl (C=O) groups excluding carboxylic acids is 2. The molecule has 158 valence electrons. The molecule has 0 N–H and O–H groups in total. The number of anilines is 1. The van der Waals surface area contributed by atoms with Crippen molar-refractivity contribution in [3.8, 4) is 11.5 Å². The number of carbonyl (C=O) groups is 2. The molecule has 0 spiro atoms. The predicted molar refractivity (Wildman–Crippen MR) is 105 cm³/mol. The maximum atomic E-state index is 12.9. The van der Waals surface area contributed by atoms with Gasteiger partial charge in [0.25, 0.3) is 11.8 Å². The number of amides is 2. The first-order valence-electron chi connectivity index (χ1n) is 8.94. The number of hydrogen-bond acceptors (Lipinski definition) is 4. The Bertz CT molecular complexity index is 1000. The average molecular weight is 440 g/mol. The zero-order valence-electron chi connectivity index (χ0n) is 16.0. The van der Waals surface area contributed by atoms with Gasteiger partial charge in [-0.1, -0.05) is 43.6 Å². The fourth-order valence-corrected chi connectivity index (χ4v) is 3.06. The maximum absolute atomic E-state index is 12.9. The largest absolute Gasteiger partial charge is 0.573 e. The van der Waals surface area contributed by atoms with E-state index in [9.17, 15) is 22.8 Å². The van der Waals surface area contributed by atoms with Crippen molar-refractivity contribution in [3.63, 3.8) is 0 Å². The molecule has 0 bridgehead atoms. The lowest BCUT2D eigenvalue weighted by molar-refractivity contribution is -0.274. The smallest absolute Gasteiger partial charge is 0.493 e. The molecule has 0 saturated carbocycles. The van der Waals surface area contributed by atoms with E-state index in [0.717, 1.165) is 12.1 Å². The molecule has 2 amide bonds. The third-order valence-electron chi connectivity index (χ3n) is 4.06. The highest BCUT2D eigenvalue weighted by atomic mass is 35.5. The van der Waals surface area contributed by atoms with Gasteiger partial charge in [-0.05, 0) is 35.7 Å². The molecule has 1 aliphatic rings. The van der Waals surface area contributed by atoms with Crippen LogP contribution < -0.4 is 14.4 Å². The normalized spacial score (nSPS) is 14.7. The van der Waals surface area contributed by atoms with Crippen LogP contribution in [0.3, 0.4) is 0 Å².